The predicted octanol–water partition coefficient (Wildman–Crippen LogP) is 3.61. The van der Waals surface area contributed by atoms with Crippen LogP contribution in [0.25, 0.3) is 22.2 Å². The van der Waals surface area contributed by atoms with Crippen LogP contribution in [0.2, 0.25) is 10.0 Å². The topological polar surface area (TPSA) is 119 Å². The Morgan fingerprint density at radius 2 is 1.81 bits per heavy atom. The van der Waals surface area contributed by atoms with Crippen LogP contribution in [0.5, 0.6) is 11.5 Å². The van der Waals surface area contributed by atoms with Gasteiger partial charge in [-0.15, -0.1) is 0 Å². The summed E-state index contributed by atoms with van der Waals surface area (Å²) in [6.45, 7) is 2.19. The minimum atomic E-state index is -5.18. The van der Waals surface area contributed by atoms with Crippen molar-refractivity contribution in [3.05, 3.63) is 51.4 Å². The number of methoxy groups -OCH3 is 2. The van der Waals surface area contributed by atoms with E-state index in [2.05, 4.69) is 21.9 Å². The van der Waals surface area contributed by atoms with Crippen LogP contribution in [0.15, 0.2) is 35.8 Å². The van der Waals surface area contributed by atoms with E-state index in [1.807, 2.05) is 0 Å². The first kappa shape index (κ1) is 30.9. The number of rotatable bonds is 9. The van der Waals surface area contributed by atoms with Crippen LogP contribution < -0.4 is 20.3 Å². The zero-order chi connectivity index (χ0) is 30.9. The molecule has 224 valence electrons. The second-order valence-corrected chi connectivity index (χ2v) is 9.87. The average Bonchev–Trinajstić information content (AvgIpc) is 2.94. The number of alkyl halides is 3. The van der Waals surface area contributed by atoms with Gasteiger partial charge in [-0.05, 0) is 12.1 Å². The summed E-state index contributed by atoms with van der Waals surface area (Å²) in [6.07, 6.45) is -2.74. The summed E-state index contributed by atoms with van der Waals surface area (Å²) < 4.78 is 52.5. The average molecular weight is 629 g/mol. The number of carbonyl (C=O) groups is 2. The Morgan fingerprint density at radius 3 is 2.33 bits per heavy atom. The highest BCUT2D eigenvalue weighted by Gasteiger charge is 2.47. The van der Waals surface area contributed by atoms with E-state index in [1.54, 1.807) is 7.05 Å². The summed E-state index contributed by atoms with van der Waals surface area (Å²) in [4.78, 5) is 48.6. The first-order chi connectivity index (χ1) is 19.9. The number of nitrogens with one attached hydrogen (secondary N) is 1. The summed E-state index contributed by atoms with van der Waals surface area (Å²) in [6, 6.07) is 1.96. The van der Waals surface area contributed by atoms with E-state index in [1.165, 1.54) is 37.4 Å². The van der Waals surface area contributed by atoms with Gasteiger partial charge in [0.05, 0.1) is 35.9 Å². The van der Waals surface area contributed by atoms with Crippen molar-refractivity contribution in [3.63, 3.8) is 0 Å². The highest BCUT2D eigenvalue weighted by atomic mass is 35.5. The number of pyridine rings is 1. The molecule has 0 saturated carbocycles. The predicted molar refractivity (Wildman–Crippen MR) is 150 cm³/mol. The first-order valence-electron chi connectivity index (χ1n) is 12.3. The van der Waals surface area contributed by atoms with Crippen LogP contribution in [0, 0.1) is 0 Å². The van der Waals surface area contributed by atoms with Crippen LogP contribution in [0.3, 0.4) is 0 Å². The summed E-state index contributed by atoms with van der Waals surface area (Å²) in [5, 5.41) is 3.07. The number of likely N-dealkylation sites (tertiary alicyclic amines) is 1. The van der Waals surface area contributed by atoms with Gasteiger partial charge in [-0.25, -0.2) is 4.98 Å². The largest absolute Gasteiger partial charge is 0.495 e. The molecule has 1 aliphatic rings. The lowest BCUT2D eigenvalue weighted by Gasteiger charge is -2.45. The van der Waals surface area contributed by atoms with E-state index in [-0.39, 0.29) is 57.4 Å². The Bertz CT molecular complexity index is 1600. The van der Waals surface area contributed by atoms with E-state index in [0.29, 0.717) is 10.3 Å². The number of hydrogen-bond acceptors (Lipinski definition) is 8. The lowest BCUT2D eigenvalue weighted by atomic mass is 10.0. The lowest BCUT2D eigenvalue weighted by Crippen LogP contribution is -2.64. The van der Waals surface area contributed by atoms with Crippen molar-refractivity contribution >= 4 is 52.0 Å². The molecule has 1 N–H and O–H groups in total. The normalized spacial score (nSPS) is 13.5. The van der Waals surface area contributed by atoms with Crippen LogP contribution in [-0.2, 0) is 16.1 Å². The van der Waals surface area contributed by atoms with Gasteiger partial charge >= 0.3 is 12.1 Å². The maximum absolute atomic E-state index is 14.0. The third-order valence-electron chi connectivity index (χ3n) is 6.75. The minimum Gasteiger partial charge on any atom is -0.495 e. The van der Waals surface area contributed by atoms with Crippen molar-refractivity contribution in [2.24, 2.45) is 0 Å². The molecule has 0 radical (unpaired) electrons. The Kier molecular flexibility index (Phi) is 8.87. The van der Waals surface area contributed by atoms with E-state index >= 15 is 0 Å². The molecule has 42 heavy (non-hydrogen) atoms. The number of amides is 2. The van der Waals surface area contributed by atoms with Gasteiger partial charge in [-0.1, -0.05) is 29.8 Å². The van der Waals surface area contributed by atoms with Gasteiger partial charge < -0.3 is 24.6 Å². The summed E-state index contributed by atoms with van der Waals surface area (Å²) in [7, 11) is 4.28. The van der Waals surface area contributed by atoms with Gasteiger partial charge in [0.1, 0.15) is 17.1 Å². The molecule has 0 aliphatic carbocycles. The SMILES string of the molecule is C=CC(=O)N1CC(N(CCn2c(=O)c(-c3c(Cl)c(OC)cc(OC)c3Cl)cc3cnc(NC)nc32)C(=O)C(F)(F)F)C1. The molecule has 11 nitrogen and oxygen atoms in total. The third kappa shape index (κ3) is 5.68. The maximum Gasteiger partial charge on any atom is 0.471 e. The van der Waals surface area contributed by atoms with E-state index < -0.39 is 42.7 Å². The Morgan fingerprint density at radius 1 is 1.19 bits per heavy atom. The van der Waals surface area contributed by atoms with Crippen molar-refractivity contribution in [2.75, 3.05) is 46.2 Å². The second-order valence-electron chi connectivity index (χ2n) is 9.12. The molecule has 16 heteroatoms. The fourth-order valence-electron chi connectivity index (χ4n) is 4.57. The molecule has 1 saturated heterocycles. The fraction of sp³-hybridized carbons (Fsp3) is 0.346. The summed E-state index contributed by atoms with van der Waals surface area (Å²) in [5.41, 5.74) is -0.593. The maximum atomic E-state index is 14.0. The highest BCUT2D eigenvalue weighted by Crippen LogP contribution is 2.45. The zero-order valence-corrected chi connectivity index (χ0v) is 24.1. The number of aromatic nitrogens is 3. The molecule has 3 heterocycles. The van der Waals surface area contributed by atoms with Crippen molar-refractivity contribution in [1.29, 1.82) is 0 Å². The van der Waals surface area contributed by atoms with Crippen molar-refractivity contribution < 1.29 is 32.2 Å². The second kappa shape index (κ2) is 12.1. The molecule has 1 aromatic carbocycles. The number of carbonyl (C=O) groups excluding carboxylic acids is 2. The molecule has 0 unspecified atom stereocenters. The molecule has 0 spiro atoms. The summed E-state index contributed by atoms with van der Waals surface area (Å²) >= 11 is 13.1. The highest BCUT2D eigenvalue weighted by molar-refractivity contribution is 6.41. The van der Waals surface area contributed by atoms with E-state index in [0.717, 1.165) is 10.6 Å². The number of hydrogen-bond donors (Lipinski definition) is 1. The summed E-state index contributed by atoms with van der Waals surface area (Å²) in [5.74, 6) is -2.11. The van der Waals surface area contributed by atoms with Gasteiger partial charge in [0.15, 0.2) is 0 Å². The molecule has 1 fully saturated rings. The number of fused-ring (bicyclic) bond motifs is 1. The van der Waals surface area contributed by atoms with Gasteiger partial charge in [0.25, 0.3) is 5.56 Å². The quantitative estimate of drug-likeness (QED) is 0.357. The van der Waals surface area contributed by atoms with Gasteiger partial charge in [-0.3, -0.25) is 19.0 Å². The van der Waals surface area contributed by atoms with Crippen LogP contribution in [0.1, 0.15) is 0 Å². The molecule has 1 aliphatic heterocycles. The molecule has 0 atom stereocenters. The minimum absolute atomic E-state index is 0.00520. The number of ether oxygens (including phenoxy) is 2. The number of benzene rings is 1. The van der Waals surface area contributed by atoms with Gasteiger partial charge in [0, 0.05) is 56.4 Å². The molecule has 0 bridgehead atoms. The molecule has 2 amide bonds. The van der Waals surface area contributed by atoms with Gasteiger partial charge in [0.2, 0.25) is 11.9 Å². The number of anilines is 1. The Labute approximate surface area is 247 Å². The van der Waals surface area contributed by atoms with Crippen LogP contribution in [-0.4, -0.2) is 89.3 Å². The fourth-order valence-corrected chi connectivity index (χ4v) is 5.27. The van der Waals surface area contributed by atoms with Crippen LogP contribution in [0.4, 0.5) is 19.1 Å². The molecule has 3 aromatic rings. The third-order valence-corrected chi connectivity index (χ3v) is 7.50. The molecule has 2 aromatic heterocycles. The number of halogens is 5. The first-order valence-corrected chi connectivity index (χ1v) is 13.1. The smallest absolute Gasteiger partial charge is 0.471 e. The van der Waals surface area contributed by atoms with E-state index in [4.69, 9.17) is 32.7 Å². The Balaban J connectivity index is 1.85. The van der Waals surface area contributed by atoms with Gasteiger partial charge in [-0.2, -0.15) is 18.2 Å². The van der Waals surface area contributed by atoms with Crippen molar-refractivity contribution in [2.45, 2.75) is 18.8 Å². The molecule has 4 rings (SSSR count). The Hall–Kier alpha value is -4.04. The van der Waals surface area contributed by atoms with Crippen molar-refractivity contribution in [3.8, 4) is 22.6 Å². The number of nitrogens with zero attached hydrogens (tertiary/aromatic N) is 5. The standard InChI is InChI=1S/C26H25Cl2F3N6O5/c1-5-18(38)35-11-14(12-35)36(24(40)26(29,30)31)6-7-37-22-13(10-33-25(32-2)34-22)8-15(23(37)39)19-20(27)16(41-3)9-17(42-4)21(19)28/h5,8-10,14H,1,6-7,11-12H2,2-4H3,(H,32,33,34). The molecular formula is C26H25Cl2F3N6O5. The monoisotopic (exact) mass is 628 g/mol. The van der Waals surface area contributed by atoms with Crippen LogP contribution >= 0.6 is 23.2 Å². The van der Waals surface area contributed by atoms with E-state index in [9.17, 15) is 27.6 Å². The zero-order valence-electron chi connectivity index (χ0n) is 22.6. The molecular weight excluding hydrogens is 604 g/mol. The lowest BCUT2D eigenvalue weighted by molar-refractivity contribution is -0.191. The van der Waals surface area contributed by atoms with Crippen molar-refractivity contribution in [1.82, 2.24) is 24.3 Å².